The lowest BCUT2D eigenvalue weighted by atomic mass is 10.2. The van der Waals surface area contributed by atoms with Crippen molar-refractivity contribution >= 4 is 11.9 Å². The van der Waals surface area contributed by atoms with E-state index in [1.807, 2.05) is 6.07 Å². The molecule has 0 aromatic heterocycles. The van der Waals surface area contributed by atoms with Crippen molar-refractivity contribution in [2.75, 3.05) is 13.7 Å². The highest BCUT2D eigenvalue weighted by molar-refractivity contribution is 6.00. The third-order valence-corrected chi connectivity index (χ3v) is 2.32. The molecule has 4 nitrogen and oxygen atoms in total. The number of methoxy groups -OCH3 is 1. The average Bonchev–Trinajstić information content (AvgIpc) is 2.43. The van der Waals surface area contributed by atoms with Gasteiger partial charge in [-0.25, -0.2) is 4.79 Å². The first-order valence-corrected chi connectivity index (χ1v) is 5.36. The number of ether oxygens (including phenoxy) is 1. The molecule has 1 aromatic carbocycles. The third kappa shape index (κ3) is 3.07. The van der Waals surface area contributed by atoms with E-state index in [1.165, 1.54) is 18.1 Å². The van der Waals surface area contributed by atoms with Crippen molar-refractivity contribution in [1.29, 1.82) is 0 Å². The van der Waals surface area contributed by atoms with Gasteiger partial charge in [-0.05, 0) is 12.1 Å². The third-order valence-electron chi connectivity index (χ3n) is 2.32. The van der Waals surface area contributed by atoms with E-state index in [2.05, 4.69) is 17.9 Å². The van der Waals surface area contributed by atoms with Crippen LogP contribution in [0.25, 0.3) is 0 Å². The zero-order valence-corrected chi connectivity index (χ0v) is 10.3. The topological polar surface area (TPSA) is 46.6 Å². The highest BCUT2D eigenvalue weighted by Gasteiger charge is 2.22. The number of rotatable bonds is 5. The van der Waals surface area contributed by atoms with Crippen LogP contribution in [0.2, 0.25) is 0 Å². The highest BCUT2D eigenvalue weighted by Crippen LogP contribution is 2.11. The Hall–Kier alpha value is -2.36. The van der Waals surface area contributed by atoms with Crippen LogP contribution >= 0.6 is 0 Å². The standard InChI is InChI=1S/C14H15NO3/c1-4-10-15(11(2)14(17)18-3)13(16)12-8-6-5-7-9-12/h4-9H,1-2,10H2,3H3. The normalized spacial score (nSPS) is 9.39. The van der Waals surface area contributed by atoms with Crippen LogP contribution in [0.15, 0.2) is 55.3 Å². The van der Waals surface area contributed by atoms with Crippen molar-refractivity contribution in [3.05, 3.63) is 60.8 Å². The van der Waals surface area contributed by atoms with Crippen molar-refractivity contribution in [3.63, 3.8) is 0 Å². The summed E-state index contributed by atoms with van der Waals surface area (Å²) in [6.45, 7) is 7.33. The van der Waals surface area contributed by atoms with Gasteiger partial charge in [-0.15, -0.1) is 6.58 Å². The molecule has 0 aliphatic rings. The fraction of sp³-hybridized carbons (Fsp3) is 0.143. The molecular weight excluding hydrogens is 230 g/mol. The molecule has 94 valence electrons. The molecule has 0 bridgehead atoms. The second kappa shape index (κ2) is 6.39. The maximum atomic E-state index is 12.2. The molecule has 0 heterocycles. The van der Waals surface area contributed by atoms with Crippen LogP contribution in [-0.4, -0.2) is 30.4 Å². The Morgan fingerprint density at radius 1 is 1.33 bits per heavy atom. The van der Waals surface area contributed by atoms with Crippen molar-refractivity contribution < 1.29 is 14.3 Å². The molecule has 0 atom stereocenters. The van der Waals surface area contributed by atoms with Gasteiger partial charge < -0.3 is 4.74 Å². The van der Waals surface area contributed by atoms with Gasteiger partial charge in [0.05, 0.1) is 7.11 Å². The van der Waals surface area contributed by atoms with E-state index in [1.54, 1.807) is 24.3 Å². The molecule has 0 aliphatic carbocycles. The zero-order valence-electron chi connectivity index (χ0n) is 10.3. The first-order chi connectivity index (χ1) is 8.61. The number of amides is 1. The van der Waals surface area contributed by atoms with Crippen molar-refractivity contribution in [2.24, 2.45) is 0 Å². The summed E-state index contributed by atoms with van der Waals surface area (Å²) in [5.74, 6) is -0.952. The second-order valence-corrected chi connectivity index (χ2v) is 3.51. The average molecular weight is 245 g/mol. The molecule has 0 radical (unpaired) electrons. The largest absolute Gasteiger partial charge is 0.464 e. The molecule has 0 unspecified atom stereocenters. The Morgan fingerprint density at radius 2 is 1.94 bits per heavy atom. The molecule has 18 heavy (non-hydrogen) atoms. The minimum absolute atomic E-state index is 0.00810. The first-order valence-electron chi connectivity index (χ1n) is 5.36. The van der Waals surface area contributed by atoms with Crippen LogP contribution in [0, 0.1) is 0 Å². The fourth-order valence-corrected chi connectivity index (χ4v) is 1.41. The van der Waals surface area contributed by atoms with Crippen molar-refractivity contribution in [2.45, 2.75) is 0 Å². The summed E-state index contributed by atoms with van der Waals surface area (Å²) in [5, 5.41) is 0. The van der Waals surface area contributed by atoms with E-state index >= 15 is 0 Å². The summed E-state index contributed by atoms with van der Waals surface area (Å²) in [5.41, 5.74) is 0.468. The van der Waals surface area contributed by atoms with E-state index in [0.717, 1.165) is 0 Å². The Labute approximate surface area is 106 Å². The smallest absolute Gasteiger partial charge is 0.354 e. The number of hydrogen-bond donors (Lipinski definition) is 0. The van der Waals surface area contributed by atoms with Crippen LogP contribution in [0.4, 0.5) is 0 Å². The van der Waals surface area contributed by atoms with Crippen LogP contribution in [0.3, 0.4) is 0 Å². The Bertz CT molecular complexity index is 465. The molecular formula is C14H15NO3. The van der Waals surface area contributed by atoms with Gasteiger partial charge in [0.15, 0.2) is 0 Å². The second-order valence-electron chi connectivity index (χ2n) is 3.51. The summed E-state index contributed by atoms with van der Waals surface area (Å²) < 4.78 is 4.56. The van der Waals surface area contributed by atoms with Crippen molar-refractivity contribution in [3.8, 4) is 0 Å². The van der Waals surface area contributed by atoms with Gasteiger partial charge in [-0.1, -0.05) is 30.9 Å². The van der Waals surface area contributed by atoms with Gasteiger partial charge in [-0.2, -0.15) is 0 Å². The van der Waals surface area contributed by atoms with Crippen LogP contribution < -0.4 is 0 Å². The molecule has 1 rings (SSSR count). The number of nitrogens with zero attached hydrogens (tertiary/aromatic N) is 1. The quantitative estimate of drug-likeness (QED) is 0.453. The fourth-order valence-electron chi connectivity index (χ4n) is 1.41. The Morgan fingerprint density at radius 3 is 2.44 bits per heavy atom. The minimum Gasteiger partial charge on any atom is -0.464 e. The van der Waals surface area contributed by atoms with Gasteiger partial charge in [0.25, 0.3) is 5.91 Å². The number of benzene rings is 1. The van der Waals surface area contributed by atoms with E-state index in [0.29, 0.717) is 5.56 Å². The molecule has 4 heteroatoms. The number of esters is 1. The number of hydrogen-bond acceptors (Lipinski definition) is 3. The Balaban J connectivity index is 2.99. The van der Waals surface area contributed by atoms with Crippen LogP contribution in [0.5, 0.6) is 0 Å². The maximum absolute atomic E-state index is 12.2. The lowest BCUT2D eigenvalue weighted by Crippen LogP contribution is -2.33. The number of carbonyl (C=O) groups is 2. The molecule has 0 fully saturated rings. The van der Waals surface area contributed by atoms with Gasteiger partial charge in [0.1, 0.15) is 5.70 Å². The van der Waals surface area contributed by atoms with Crippen molar-refractivity contribution in [1.82, 2.24) is 4.90 Å². The van der Waals surface area contributed by atoms with E-state index in [4.69, 9.17) is 0 Å². The monoisotopic (exact) mass is 245 g/mol. The summed E-state index contributed by atoms with van der Waals surface area (Å²) in [6, 6.07) is 8.65. The molecule has 0 spiro atoms. The first kappa shape index (κ1) is 13.7. The van der Waals surface area contributed by atoms with Crippen LogP contribution in [-0.2, 0) is 9.53 Å². The van der Waals surface area contributed by atoms with E-state index < -0.39 is 5.97 Å². The SMILES string of the molecule is C=CCN(C(=C)C(=O)OC)C(=O)c1ccccc1. The molecule has 0 N–H and O–H groups in total. The molecule has 1 amide bonds. The summed E-state index contributed by atoms with van der Waals surface area (Å²) in [6.07, 6.45) is 1.52. The van der Waals surface area contributed by atoms with Gasteiger partial charge in [0, 0.05) is 12.1 Å². The zero-order chi connectivity index (χ0) is 13.5. The summed E-state index contributed by atoms with van der Waals surface area (Å²) in [7, 11) is 1.24. The number of carbonyl (C=O) groups excluding carboxylic acids is 2. The van der Waals surface area contributed by atoms with E-state index in [-0.39, 0.29) is 18.1 Å². The Kier molecular flexibility index (Phi) is 4.87. The van der Waals surface area contributed by atoms with Crippen LogP contribution in [0.1, 0.15) is 10.4 Å². The predicted octanol–water partition coefficient (Wildman–Crippen LogP) is 2.00. The molecule has 0 aliphatic heterocycles. The predicted molar refractivity (Wildman–Crippen MR) is 68.8 cm³/mol. The lowest BCUT2D eigenvalue weighted by Gasteiger charge is -2.21. The molecule has 0 saturated heterocycles. The maximum Gasteiger partial charge on any atom is 0.354 e. The molecule has 1 aromatic rings. The van der Waals surface area contributed by atoms with Gasteiger partial charge in [0.2, 0.25) is 0 Å². The summed E-state index contributed by atoms with van der Waals surface area (Å²) >= 11 is 0. The van der Waals surface area contributed by atoms with Gasteiger partial charge in [-0.3, -0.25) is 9.69 Å². The highest BCUT2D eigenvalue weighted by atomic mass is 16.5. The minimum atomic E-state index is -0.638. The summed E-state index contributed by atoms with van der Waals surface area (Å²) in [4.78, 5) is 24.9. The molecule has 0 saturated carbocycles. The lowest BCUT2D eigenvalue weighted by molar-refractivity contribution is -0.137. The van der Waals surface area contributed by atoms with Gasteiger partial charge >= 0.3 is 5.97 Å². The van der Waals surface area contributed by atoms with E-state index in [9.17, 15) is 9.59 Å².